The molecule has 0 saturated heterocycles. The lowest BCUT2D eigenvalue weighted by Crippen LogP contribution is -2.46. The van der Waals surface area contributed by atoms with Crippen LogP contribution in [0.15, 0.2) is 11.8 Å². The number of hydrogen-bond acceptors (Lipinski definition) is 3. The third-order valence-corrected chi connectivity index (χ3v) is 7.40. The van der Waals surface area contributed by atoms with Gasteiger partial charge in [0.2, 0.25) is 0 Å². The van der Waals surface area contributed by atoms with Gasteiger partial charge in [-0.1, -0.05) is 0 Å². The molecule has 4 rings (SSSR count). The Balaban J connectivity index is 1.45. The maximum Gasteiger partial charge on any atom is 0.189 e. The Kier molecular flexibility index (Phi) is 3.31. The van der Waals surface area contributed by atoms with Crippen LogP contribution in [0.1, 0.15) is 46.5 Å². The minimum atomic E-state index is -0.00747. The fourth-order valence-corrected chi connectivity index (χ4v) is 6.55. The van der Waals surface area contributed by atoms with E-state index in [0.29, 0.717) is 24.5 Å². The molecule has 0 aromatic carbocycles. The zero-order valence-electron chi connectivity index (χ0n) is 13.9. The van der Waals surface area contributed by atoms with Gasteiger partial charge in [0.25, 0.3) is 0 Å². The molecule has 4 aliphatic rings. The van der Waals surface area contributed by atoms with Gasteiger partial charge in [0.1, 0.15) is 0 Å². The summed E-state index contributed by atoms with van der Waals surface area (Å²) in [5.41, 5.74) is -0.00747. The molecule has 0 aromatic heterocycles. The van der Waals surface area contributed by atoms with Crippen LogP contribution in [0.4, 0.5) is 0 Å². The van der Waals surface area contributed by atoms with Crippen LogP contribution >= 0.6 is 0 Å². The van der Waals surface area contributed by atoms with Crippen molar-refractivity contribution in [3.05, 3.63) is 11.8 Å². The van der Waals surface area contributed by atoms with Gasteiger partial charge in [-0.3, -0.25) is 0 Å². The van der Waals surface area contributed by atoms with Crippen molar-refractivity contribution in [3.8, 4) is 6.07 Å². The number of nitriles is 1. The molecule has 3 nitrogen and oxygen atoms in total. The minimum absolute atomic E-state index is 0.00747. The summed E-state index contributed by atoms with van der Waals surface area (Å²) >= 11 is 0. The molecule has 4 aliphatic carbocycles. The van der Waals surface area contributed by atoms with E-state index in [2.05, 4.69) is 13.0 Å². The summed E-state index contributed by atoms with van der Waals surface area (Å²) in [6.45, 7) is 6.64. The van der Waals surface area contributed by atoms with E-state index in [1.807, 2.05) is 19.9 Å². The van der Waals surface area contributed by atoms with Crippen LogP contribution in [0.5, 0.6) is 0 Å². The Morgan fingerprint density at radius 2 is 2.09 bits per heavy atom. The summed E-state index contributed by atoms with van der Waals surface area (Å²) in [6.07, 6.45) is 6.92. The molecule has 4 bridgehead atoms. The maximum atomic E-state index is 9.38. The van der Waals surface area contributed by atoms with E-state index < -0.39 is 0 Å². The molecule has 8 atom stereocenters. The monoisotopic (exact) mass is 301 g/mol. The highest BCUT2D eigenvalue weighted by Gasteiger charge is 2.68. The van der Waals surface area contributed by atoms with Crippen molar-refractivity contribution in [1.82, 2.24) is 0 Å². The summed E-state index contributed by atoms with van der Waals surface area (Å²) in [5, 5.41) is 9.38. The normalized spacial score (nSPS) is 51.9. The summed E-state index contributed by atoms with van der Waals surface area (Å²) in [4.78, 5) is 0. The molecule has 0 heterocycles. The first kappa shape index (κ1) is 14.6. The molecule has 0 spiro atoms. The molecule has 0 radical (unpaired) electrons. The predicted molar refractivity (Wildman–Crippen MR) is 83.4 cm³/mol. The second-order valence-corrected chi connectivity index (χ2v) is 8.21. The second kappa shape index (κ2) is 4.99. The van der Waals surface area contributed by atoms with Crippen LogP contribution in [0.25, 0.3) is 0 Å². The molecule has 120 valence electrons. The van der Waals surface area contributed by atoms with Crippen LogP contribution in [0.3, 0.4) is 0 Å². The van der Waals surface area contributed by atoms with E-state index in [9.17, 15) is 5.26 Å². The average molecular weight is 301 g/mol. The summed E-state index contributed by atoms with van der Waals surface area (Å²) < 4.78 is 11.9. The van der Waals surface area contributed by atoms with Crippen LogP contribution in [-0.2, 0) is 9.47 Å². The summed E-state index contributed by atoms with van der Waals surface area (Å²) in [7, 11) is 0. The van der Waals surface area contributed by atoms with Crippen LogP contribution in [-0.4, -0.2) is 12.4 Å². The molecular formula is C19H27NO2. The highest BCUT2D eigenvalue weighted by atomic mass is 16.7. The van der Waals surface area contributed by atoms with Gasteiger partial charge in [-0.05, 0) is 88.0 Å². The molecule has 4 fully saturated rings. The fourth-order valence-electron chi connectivity index (χ4n) is 6.55. The third-order valence-electron chi connectivity index (χ3n) is 7.40. The van der Waals surface area contributed by atoms with E-state index in [1.54, 1.807) is 0 Å². The smallest absolute Gasteiger partial charge is 0.189 e. The lowest BCUT2D eigenvalue weighted by atomic mass is 9.64. The van der Waals surface area contributed by atoms with E-state index >= 15 is 0 Å². The first-order valence-corrected chi connectivity index (χ1v) is 8.86. The van der Waals surface area contributed by atoms with Crippen molar-refractivity contribution in [2.75, 3.05) is 6.79 Å². The SMILES string of the molecule is C/C=C(\C)OCOC1(C)CC2CC1C1C3CC(C#N)C(C3)C21. The van der Waals surface area contributed by atoms with Gasteiger partial charge in [0.05, 0.1) is 17.4 Å². The largest absolute Gasteiger partial charge is 0.473 e. The van der Waals surface area contributed by atoms with Gasteiger partial charge >= 0.3 is 0 Å². The van der Waals surface area contributed by atoms with E-state index in [-0.39, 0.29) is 5.60 Å². The molecule has 22 heavy (non-hydrogen) atoms. The molecule has 4 saturated carbocycles. The highest BCUT2D eigenvalue weighted by Crippen LogP contribution is 2.71. The number of nitrogens with zero attached hydrogens (tertiary/aromatic N) is 1. The topological polar surface area (TPSA) is 42.2 Å². The number of fused-ring (bicyclic) bond motifs is 9. The fraction of sp³-hybridized carbons (Fsp3) is 0.842. The predicted octanol–water partition coefficient (Wildman–Crippen LogP) is 4.11. The zero-order valence-corrected chi connectivity index (χ0v) is 13.9. The lowest BCUT2D eigenvalue weighted by molar-refractivity contribution is -0.160. The van der Waals surface area contributed by atoms with E-state index in [4.69, 9.17) is 9.47 Å². The molecule has 0 aliphatic heterocycles. The van der Waals surface area contributed by atoms with Crippen molar-refractivity contribution in [1.29, 1.82) is 5.26 Å². The van der Waals surface area contributed by atoms with Gasteiger partial charge < -0.3 is 9.47 Å². The van der Waals surface area contributed by atoms with Crippen molar-refractivity contribution in [2.24, 2.45) is 41.4 Å². The number of hydrogen-bond donors (Lipinski definition) is 0. The molecule has 0 N–H and O–H groups in total. The van der Waals surface area contributed by atoms with E-state index in [1.165, 1.54) is 19.3 Å². The minimum Gasteiger partial charge on any atom is -0.473 e. The van der Waals surface area contributed by atoms with Crippen molar-refractivity contribution >= 4 is 0 Å². The van der Waals surface area contributed by atoms with Gasteiger partial charge in [-0.25, -0.2) is 0 Å². The number of allylic oxidation sites excluding steroid dienone is 2. The molecule has 0 aromatic rings. The van der Waals surface area contributed by atoms with Crippen molar-refractivity contribution < 1.29 is 9.47 Å². The zero-order chi connectivity index (χ0) is 15.5. The molecule has 8 unspecified atom stereocenters. The number of rotatable bonds is 4. The Morgan fingerprint density at radius 1 is 1.27 bits per heavy atom. The molecule has 3 heteroatoms. The Hall–Kier alpha value is -1.01. The van der Waals surface area contributed by atoms with Crippen LogP contribution < -0.4 is 0 Å². The lowest BCUT2D eigenvalue weighted by Gasteiger charge is -2.45. The van der Waals surface area contributed by atoms with Crippen LogP contribution in [0.2, 0.25) is 0 Å². The maximum absolute atomic E-state index is 9.38. The van der Waals surface area contributed by atoms with Gasteiger partial charge in [0, 0.05) is 5.92 Å². The van der Waals surface area contributed by atoms with E-state index in [0.717, 1.165) is 35.9 Å². The van der Waals surface area contributed by atoms with Crippen molar-refractivity contribution in [3.63, 3.8) is 0 Å². The average Bonchev–Trinajstić information content (AvgIpc) is 3.22. The van der Waals surface area contributed by atoms with Crippen molar-refractivity contribution in [2.45, 2.75) is 52.1 Å². The van der Waals surface area contributed by atoms with Gasteiger partial charge in [-0.15, -0.1) is 0 Å². The second-order valence-electron chi connectivity index (χ2n) is 8.21. The quantitative estimate of drug-likeness (QED) is 0.446. The highest BCUT2D eigenvalue weighted by molar-refractivity contribution is 5.18. The summed E-state index contributed by atoms with van der Waals surface area (Å²) in [5.74, 6) is 5.88. The van der Waals surface area contributed by atoms with Gasteiger partial charge in [-0.2, -0.15) is 5.26 Å². The van der Waals surface area contributed by atoms with Gasteiger partial charge in [0.15, 0.2) is 6.79 Å². The summed E-state index contributed by atoms with van der Waals surface area (Å²) in [6, 6.07) is 2.58. The Labute approximate surface area is 133 Å². The number of ether oxygens (including phenoxy) is 2. The Morgan fingerprint density at radius 3 is 2.82 bits per heavy atom. The first-order chi connectivity index (χ1) is 10.6. The first-order valence-electron chi connectivity index (χ1n) is 8.86. The molecular weight excluding hydrogens is 274 g/mol. The third kappa shape index (κ3) is 1.89. The molecule has 0 amide bonds. The Bertz CT molecular complexity index is 536. The van der Waals surface area contributed by atoms with Crippen LogP contribution in [0, 0.1) is 52.8 Å². The standard InChI is InChI=1S/C19H27NO2/c1-4-11(2)21-10-22-19(3)8-13-7-16(19)18-12-5-14(9-20)15(6-12)17(13)18/h4,12-18H,5-8,10H2,1-3H3/b11-4+.